The molecule has 1 heterocycles. The Balaban J connectivity index is 1.35. The first kappa shape index (κ1) is 31.5. The Morgan fingerprint density at radius 1 is 0.848 bits per heavy atom. The second-order valence-corrected chi connectivity index (χ2v) is 13.1. The van der Waals surface area contributed by atoms with Gasteiger partial charge in [-0.25, -0.2) is 4.98 Å². The minimum absolute atomic E-state index is 0.0876. The summed E-state index contributed by atoms with van der Waals surface area (Å²) in [6.07, 6.45) is 6.29. The fourth-order valence-electron chi connectivity index (χ4n) is 5.97. The Hall–Kier alpha value is -4.46. The highest BCUT2D eigenvalue weighted by Crippen LogP contribution is 2.43. The van der Waals surface area contributed by atoms with Gasteiger partial charge in [-0.15, -0.1) is 0 Å². The average Bonchev–Trinajstić information content (AvgIpc) is 3.54. The molecule has 0 spiro atoms. The van der Waals surface area contributed by atoms with E-state index in [0.29, 0.717) is 23.0 Å². The van der Waals surface area contributed by atoms with E-state index in [0.717, 1.165) is 38.1 Å². The van der Waals surface area contributed by atoms with Crippen molar-refractivity contribution in [2.45, 2.75) is 51.0 Å². The van der Waals surface area contributed by atoms with Gasteiger partial charge < -0.3 is 15.3 Å². The van der Waals surface area contributed by atoms with Crippen LogP contribution in [0.15, 0.2) is 103 Å². The van der Waals surface area contributed by atoms with Crippen molar-refractivity contribution in [1.82, 2.24) is 10.3 Å². The van der Waals surface area contributed by atoms with Crippen molar-refractivity contribution in [3.05, 3.63) is 125 Å². The molecule has 1 aliphatic rings. The van der Waals surface area contributed by atoms with Crippen LogP contribution in [0, 0.1) is 0 Å². The first-order valence-electron chi connectivity index (χ1n) is 15.7. The van der Waals surface area contributed by atoms with Crippen molar-refractivity contribution in [3.8, 4) is 21.7 Å². The number of carbonyl (C=O) groups is 2. The van der Waals surface area contributed by atoms with Gasteiger partial charge in [0.15, 0.2) is 5.13 Å². The molecule has 1 fully saturated rings. The second kappa shape index (κ2) is 14.8. The van der Waals surface area contributed by atoms with Crippen LogP contribution in [-0.2, 0) is 11.3 Å². The zero-order valence-corrected chi connectivity index (χ0v) is 27.1. The predicted octanol–water partition coefficient (Wildman–Crippen LogP) is 9.72. The Morgan fingerprint density at radius 3 is 2.22 bits per heavy atom. The van der Waals surface area contributed by atoms with Crippen LogP contribution in [-0.4, -0.2) is 28.5 Å². The monoisotopic (exact) mass is 649 g/mol. The maximum atomic E-state index is 12.6. The minimum atomic E-state index is -0.945. The number of hydrogen-bond donors (Lipinski definition) is 2. The molecule has 6 nitrogen and oxygen atoms in total. The van der Waals surface area contributed by atoms with Crippen molar-refractivity contribution in [3.63, 3.8) is 0 Å². The van der Waals surface area contributed by atoms with Gasteiger partial charge in [-0.05, 0) is 71.8 Å². The fraction of sp³-hybridized carbons (Fsp3) is 0.237. The summed E-state index contributed by atoms with van der Waals surface area (Å²) in [6.45, 7) is 0.635. The quantitative estimate of drug-likeness (QED) is 0.149. The fourth-order valence-corrected chi connectivity index (χ4v) is 7.21. The molecule has 5 aromatic rings. The third-order valence-electron chi connectivity index (χ3n) is 8.46. The van der Waals surface area contributed by atoms with E-state index in [1.165, 1.54) is 37.7 Å². The molecule has 0 saturated heterocycles. The van der Waals surface area contributed by atoms with Gasteiger partial charge in [0.25, 0.3) is 5.91 Å². The Bertz CT molecular complexity index is 1770. The van der Waals surface area contributed by atoms with E-state index in [4.69, 9.17) is 21.7 Å². The number of halogens is 1. The molecule has 0 atom stereocenters. The molecule has 0 radical (unpaired) electrons. The van der Waals surface area contributed by atoms with Gasteiger partial charge in [0, 0.05) is 28.4 Å². The summed E-state index contributed by atoms with van der Waals surface area (Å²) < 4.78 is 0. The van der Waals surface area contributed by atoms with Crippen molar-refractivity contribution in [2.75, 3.05) is 11.4 Å². The number of anilines is 2. The highest BCUT2D eigenvalue weighted by Gasteiger charge is 2.22. The van der Waals surface area contributed by atoms with Crippen LogP contribution >= 0.6 is 22.9 Å². The molecule has 8 heteroatoms. The zero-order chi connectivity index (χ0) is 31.9. The molecule has 4 aromatic carbocycles. The highest BCUT2D eigenvalue weighted by molar-refractivity contribution is 7.19. The molecule has 2 N–H and O–H groups in total. The lowest BCUT2D eigenvalue weighted by Crippen LogP contribution is -2.26. The number of carboxylic acids is 1. The number of aliphatic carboxylic acids is 1. The Morgan fingerprint density at radius 2 is 1.54 bits per heavy atom. The van der Waals surface area contributed by atoms with Gasteiger partial charge in [0.1, 0.15) is 0 Å². The van der Waals surface area contributed by atoms with Gasteiger partial charge in [-0.2, -0.15) is 0 Å². The van der Waals surface area contributed by atoms with E-state index >= 15 is 0 Å². The largest absolute Gasteiger partial charge is 0.481 e. The Labute approximate surface area is 278 Å². The van der Waals surface area contributed by atoms with Crippen LogP contribution in [0.2, 0.25) is 5.02 Å². The summed E-state index contributed by atoms with van der Waals surface area (Å²) >= 11 is 7.90. The van der Waals surface area contributed by atoms with Gasteiger partial charge in [0.2, 0.25) is 0 Å². The molecular formula is C38H36ClN3O3S. The van der Waals surface area contributed by atoms with Gasteiger partial charge in [-0.3, -0.25) is 9.59 Å². The van der Waals surface area contributed by atoms with Crippen molar-refractivity contribution < 1.29 is 14.7 Å². The van der Waals surface area contributed by atoms with Gasteiger partial charge >= 0.3 is 5.97 Å². The SMILES string of the molecule is O=C(O)CCNC(=O)c1ccc(CN(c2ccc(C3CCCCC3)cc2)c2nc(-c3ccc(Cl)cc3)c(-c3ccccc3)s2)cc1. The van der Waals surface area contributed by atoms with E-state index < -0.39 is 5.97 Å². The Kier molecular flexibility index (Phi) is 10.1. The topological polar surface area (TPSA) is 82.5 Å². The third kappa shape index (κ3) is 7.66. The van der Waals surface area contributed by atoms with E-state index in [1.807, 2.05) is 54.6 Å². The maximum absolute atomic E-state index is 12.6. The first-order chi connectivity index (χ1) is 22.4. The first-order valence-corrected chi connectivity index (χ1v) is 16.9. The summed E-state index contributed by atoms with van der Waals surface area (Å²) in [5, 5.41) is 13.1. The molecule has 1 aromatic heterocycles. The van der Waals surface area contributed by atoms with Crippen LogP contribution in [0.1, 0.15) is 65.9 Å². The third-order valence-corrected chi connectivity index (χ3v) is 9.84. The number of aromatic nitrogens is 1. The van der Waals surface area contributed by atoms with Gasteiger partial charge in [-0.1, -0.05) is 109 Å². The molecule has 1 aliphatic carbocycles. The molecule has 1 amide bonds. The van der Waals surface area contributed by atoms with Crippen LogP contribution in [0.3, 0.4) is 0 Å². The second-order valence-electron chi connectivity index (χ2n) is 11.7. The molecule has 0 bridgehead atoms. The lowest BCUT2D eigenvalue weighted by atomic mass is 9.84. The number of benzene rings is 4. The summed E-state index contributed by atoms with van der Waals surface area (Å²) in [5.74, 6) is -0.617. The summed E-state index contributed by atoms with van der Waals surface area (Å²) in [7, 11) is 0. The number of nitrogens with zero attached hydrogens (tertiary/aromatic N) is 2. The van der Waals surface area contributed by atoms with Crippen LogP contribution in [0.25, 0.3) is 21.7 Å². The average molecular weight is 650 g/mol. The number of rotatable bonds is 11. The summed E-state index contributed by atoms with van der Waals surface area (Å²) in [4.78, 5) is 32.0. The van der Waals surface area contributed by atoms with Crippen molar-refractivity contribution >= 4 is 45.6 Å². The van der Waals surface area contributed by atoms with Crippen LogP contribution < -0.4 is 10.2 Å². The van der Waals surface area contributed by atoms with Crippen LogP contribution in [0.5, 0.6) is 0 Å². The number of carboxylic acid groups (broad SMARTS) is 1. The van der Waals surface area contributed by atoms with E-state index in [1.54, 1.807) is 23.5 Å². The number of amides is 1. The number of carbonyl (C=O) groups excluding carboxylic acids is 1. The normalized spacial score (nSPS) is 13.3. The van der Waals surface area contributed by atoms with Crippen molar-refractivity contribution in [1.29, 1.82) is 0 Å². The molecule has 0 unspecified atom stereocenters. The zero-order valence-electron chi connectivity index (χ0n) is 25.5. The number of hydrogen-bond acceptors (Lipinski definition) is 5. The minimum Gasteiger partial charge on any atom is -0.481 e. The lowest BCUT2D eigenvalue weighted by Gasteiger charge is -2.25. The smallest absolute Gasteiger partial charge is 0.305 e. The molecule has 234 valence electrons. The standard InChI is InChI=1S/C38H36ClN3O3S/c39-32-19-15-29(16-20-32)35-36(30-9-5-2-6-10-30)46-38(41-35)42(33-21-17-28(18-22-33)27-7-3-1-4-8-27)25-26-11-13-31(14-12-26)37(45)40-24-23-34(43)44/h2,5-6,9-22,27H,1,3-4,7-8,23-25H2,(H,40,45)(H,43,44). The summed E-state index contributed by atoms with van der Waals surface area (Å²) in [5.41, 5.74) is 6.95. The van der Waals surface area contributed by atoms with Crippen molar-refractivity contribution in [2.24, 2.45) is 0 Å². The maximum Gasteiger partial charge on any atom is 0.305 e. The highest BCUT2D eigenvalue weighted by atomic mass is 35.5. The lowest BCUT2D eigenvalue weighted by molar-refractivity contribution is -0.136. The van der Waals surface area contributed by atoms with E-state index in [-0.39, 0.29) is 18.9 Å². The summed E-state index contributed by atoms with van der Waals surface area (Å²) in [6, 6.07) is 34.6. The molecule has 1 saturated carbocycles. The number of nitrogens with one attached hydrogen (secondary N) is 1. The van der Waals surface area contributed by atoms with E-state index in [2.05, 4.69) is 46.6 Å². The molecule has 6 rings (SSSR count). The number of thiazole rings is 1. The van der Waals surface area contributed by atoms with Gasteiger partial charge in [0.05, 0.1) is 23.5 Å². The van der Waals surface area contributed by atoms with Crippen LogP contribution in [0.4, 0.5) is 10.8 Å². The molecule has 46 heavy (non-hydrogen) atoms. The molecule has 0 aliphatic heterocycles. The predicted molar refractivity (Wildman–Crippen MR) is 187 cm³/mol. The van der Waals surface area contributed by atoms with E-state index in [9.17, 15) is 9.59 Å². The molecular weight excluding hydrogens is 614 g/mol.